The Balaban J connectivity index is 2.86. The molecule has 0 amide bonds. The maximum atomic E-state index is 6.28. The zero-order valence-corrected chi connectivity index (χ0v) is 8.60. The smallest absolute Gasteiger partial charge is 0.0633 e. The molecule has 0 heterocycles. The van der Waals surface area contributed by atoms with Crippen LogP contribution in [0.4, 0.5) is 0 Å². The molecule has 0 aliphatic carbocycles. The van der Waals surface area contributed by atoms with E-state index < -0.39 is 0 Å². The van der Waals surface area contributed by atoms with E-state index in [9.17, 15) is 0 Å². The van der Waals surface area contributed by atoms with Crippen LogP contribution < -0.4 is 0 Å². The van der Waals surface area contributed by atoms with Gasteiger partial charge in [-0.3, -0.25) is 0 Å². The highest BCUT2D eigenvalue weighted by Gasteiger charge is 2.23. The van der Waals surface area contributed by atoms with Crippen LogP contribution >= 0.6 is 11.6 Å². The Morgan fingerprint density at radius 3 is 2.00 bits per heavy atom. The second-order valence-corrected chi connectivity index (χ2v) is 4.58. The van der Waals surface area contributed by atoms with Gasteiger partial charge in [-0.25, -0.2) is 0 Å². The molecule has 1 aromatic rings. The summed E-state index contributed by atoms with van der Waals surface area (Å²) < 4.78 is 0. The molecular formula is C11H15Cl. The number of hydrogen-bond acceptors (Lipinski definition) is 0. The van der Waals surface area contributed by atoms with Crippen molar-refractivity contribution in [1.29, 1.82) is 0 Å². The molecule has 0 aromatic heterocycles. The van der Waals surface area contributed by atoms with Crippen molar-refractivity contribution in [3.8, 4) is 0 Å². The molecule has 1 atom stereocenters. The third-order valence-corrected chi connectivity index (χ3v) is 2.76. The second-order valence-electron chi connectivity index (χ2n) is 4.14. The summed E-state index contributed by atoms with van der Waals surface area (Å²) in [6.07, 6.45) is 0. The van der Waals surface area contributed by atoms with Crippen molar-refractivity contribution in [2.24, 2.45) is 5.41 Å². The first-order valence-electron chi connectivity index (χ1n) is 4.21. The molecule has 66 valence electrons. The summed E-state index contributed by atoms with van der Waals surface area (Å²) in [7, 11) is 0. The molecule has 0 bridgehead atoms. The molecule has 1 heteroatoms. The van der Waals surface area contributed by atoms with Crippen LogP contribution in [0.3, 0.4) is 0 Å². The molecule has 0 radical (unpaired) electrons. The lowest BCUT2D eigenvalue weighted by molar-refractivity contribution is 0.396. The maximum Gasteiger partial charge on any atom is 0.0633 e. The standard InChI is InChI=1S/C11H15Cl/c1-11(2,3)10(12)9-7-5-4-6-8-9/h4-8,10H,1-3H3/t10-/m1/s1. The fourth-order valence-electron chi connectivity index (χ4n) is 1.12. The van der Waals surface area contributed by atoms with Crippen LogP contribution in [0, 0.1) is 5.41 Å². The Bertz CT molecular complexity index is 233. The van der Waals surface area contributed by atoms with Crippen molar-refractivity contribution in [1.82, 2.24) is 0 Å². The Morgan fingerprint density at radius 2 is 1.58 bits per heavy atom. The van der Waals surface area contributed by atoms with Crippen molar-refractivity contribution >= 4 is 11.6 Å². The van der Waals surface area contributed by atoms with Gasteiger partial charge in [0.2, 0.25) is 0 Å². The summed E-state index contributed by atoms with van der Waals surface area (Å²) in [4.78, 5) is 0. The number of hydrogen-bond donors (Lipinski definition) is 0. The van der Waals surface area contributed by atoms with E-state index in [0.29, 0.717) is 0 Å². The van der Waals surface area contributed by atoms with Gasteiger partial charge < -0.3 is 0 Å². The zero-order chi connectivity index (χ0) is 9.19. The van der Waals surface area contributed by atoms with Gasteiger partial charge in [0.25, 0.3) is 0 Å². The monoisotopic (exact) mass is 182 g/mol. The molecule has 1 aromatic carbocycles. The van der Waals surface area contributed by atoms with Crippen molar-refractivity contribution in [2.45, 2.75) is 26.1 Å². The van der Waals surface area contributed by atoms with Gasteiger partial charge in [-0.15, -0.1) is 11.6 Å². The molecule has 0 unspecified atom stereocenters. The van der Waals surface area contributed by atoms with Crippen LogP contribution in [0.25, 0.3) is 0 Å². The fourth-order valence-corrected chi connectivity index (χ4v) is 1.27. The van der Waals surface area contributed by atoms with E-state index in [1.807, 2.05) is 18.2 Å². The predicted molar refractivity (Wildman–Crippen MR) is 54.5 cm³/mol. The molecular weight excluding hydrogens is 168 g/mol. The van der Waals surface area contributed by atoms with Crippen molar-refractivity contribution < 1.29 is 0 Å². The number of halogens is 1. The normalized spacial score (nSPS) is 14.3. The quantitative estimate of drug-likeness (QED) is 0.576. The van der Waals surface area contributed by atoms with E-state index in [0.717, 1.165) is 0 Å². The van der Waals surface area contributed by atoms with E-state index in [4.69, 9.17) is 11.6 Å². The lowest BCUT2D eigenvalue weighted by Gasteiger charge is -2.25. The summed E-state index contributed by atoms with van der Waals surface area (Å²) in [6.45, 7) is 6.45. The molecule has 0 spiro atoms. The molecule has 1 rings (SSSR count). The van der Waals surface area contributed by atoms with Crippen molar-refractivity contribution in [3.05, 3.63) is 35.9 Å². The Kier molecular flexibility index (Phi) is 2.79. The van der Waals surface area contributed by atoms with Gasteiger partial charge in [-0.1, -0.05) is 51.1 Å². The first kappa shape index (κ1) is 9.60. The maximum absolute atomic E-state index is 6.28. The van der Waals surface area contributed by atoms with E-state index >= 15 is 0 Å². The molecule has 0 aliphatic rings. The Hall–Kier alpha value is -0.490. The molecule has 0 aliphatic heterocycles. The van der Waals surface area contributed by atoms with Crippen LogP contribution in [0.2, 0.25) is 0 Å². The molecule has 0 N–H and O–H groups in total. The van der Waals surface area contributed by atoms with E-state index in [-0.39, 0.29) is 10.8 Å². The van der Waals surface area contributed by atoms with Crippen LogP contribution in [-0.2, 0) is 0 Å². The van der Waals surface area contributed by atoms with E-state index in [1.165, 1.54) is 5.56 Å². The number of rotatable bonds is 1. The molecule has 0 nitrogen and oxygen atoms in total. The molecule has 0 fully saturated rings. The van der Waals surface area contributed by atoms with Gasteiger partial charge in [0.1, 0.15) is 0 Å². The van der Waals surface area contributed by atoms with Crippen LogP contribution in [0.5, 0.6) is 0 Å². The zero-order valence-electron chi connectivity index (χ0n) is 7.84. The van der Waals surface area contributed by atoms with Crippen molar-refractivity contribution in [3.63, 3.8) is 0 Å². The Labute approximate surface area is 79.6 Å². The summed E-state index contributed by atoms with van der Waals surface area (Å²) in [6, 6.07) is 10.2. The first-order chi connectivity index (χ1) is 5.52. The van der Waals surface area contributed by atoms with Crippen LogP contribution in [0.15, 0.2) is 30.3 Å². The molecule has 0 saturated heterocycles. The van der Waals surface area contributed by atoms with Gasteiger partial charge in [-0.05, 0) is 11.0 Å². The lowest BCUT2D eigenvalue weighted by atomic mass is 9.87. The summed E-state index contributed by atoms with van der Waals surface area (Å²) >= 11 is 6.28. The van der Waals surface area contributed by atoms with E-state index in [2.05, 4.69) is 32.9 Å². The first-order valence-corrected chi connectivity index (χ1v) is 4.64. The summed E-state index contributed by atoms with van der Waals surface area (Å²) in [5, 5.41) is 0.0960. The van der Waals surface area contributed by atoms with E-state index in [1.54, 1.807) is 0 Å². The SMILES string of the molecule is CC(C)(C)[C@H](Cl)c1ccccc1. The highest BCUT2D eigenvalue weighted by Crippen LogP contribution is 2.37. The minimum absolute atomic E-state index is 0.0960. The second kappa shape index (κ2) is 3.49. The predicted octanol–water partition coefficient (Wildman–Crippen LogP) is 4.01. The van der Waals surface area contributed by atoms with Gasteiger partial charge in [0, 0.05) is 0 Å². The minimum Gasteiger partial charge on any atom is -0.117 e. The minimum atomic E-state index is 0.0960. The van der Waals surface area contributed by atoms with Crippen LogP contribution in [0.1, 0.15) is 31.7 Å². The third-order valence-electron chi connectivity index (χ3n) is 1.85. The summed E-state index contributed by atoms with van der Waals surface area (Å²) in [5.41, 5.74) is 1.33. The Morgan fingerprint density at radius 1 is 1.08 bits per heavy atom. The largest absolute Gasteiger partial charge is 0.117 e. The highest BCUT2D eigenvalue weighted by atomic mass is 35.5. The summed E-state index contributed by atoms with van der Waals surface area (Å²) in [5.74, 6) is 0. The average Bonchev–Trinajstić information content (AvgIpc) is 2.03. The van der Waals surface area contributed by atoms with Gasteiger partial charge >= 0.3 is 0 Å². The number of benzene rings is 1. The number of alkyl halides is 1. The van der Waals surface area contributed by atoms with Gasteiger partial charge in [0.15, 0.2) is 0 Å². The van der Waals surface area contributed by atoms with Crippen molar-refractivity contribution in [2.75, 3.05) is 0 Å². The van der Waals surface area contributed by atoms with Crippen LogP contribution in [-0.4, -0.2) is 0 Å². The average molecular weight is 183 g/mol. The third kappa shape index (κ3) is 2.25. The highest BCUT2D eigenvalue weighted by molar-refractivity contribution is 6.21. The molecule has 0 saturated carbocycles. The topological polar surface area (TPSA) is 0 Å². The fraction of sp³-hybridized carbons (Fsp3) is 0.455. The van der Waals surface area contributed by atoms with Gasteiger partial charge in [-0.2, -0.15) is 0 Å². The lowest BCUT2D eigenvalue weighted by Crippen LogP contribution is -2.12. The van der Waals surface area contributed by atoms with Gasteiger partial charge in [0.05, 0.1) is 5.38 Å². The molecule has 12 heavy (non-hydrogen) atoms.